The maximum absolute atomic E-state index is 5.94. The SMILES string of the molecule is Nc1nn(-c2ncnc3c2CCCCC3)cc1Cl. The molecule has 0 amide bonds. The van der Waals surface area contributed by atoms with E-state index in [-0.39, 0.29) is 0 Å². The van der Waals surface area contributed by atoms with E-state index in [4.69, 9.17) is 17.3 Å². The third-order valence-electron chi connectivity index (χ3n) is 3.27. The average Bonchev–Trinajstić information content (AvgIpc) is 2.59. The molecule has 0 aliphatic heterocycles. The van der Waals surface area contributed by atoms with E-state index in [1.165, 1.54) is 18.4 Å². The predicted molar refractivity (Wildman–Crippen MR) is 69.8 cm³/mol. The van der Waals surface area contributed by atoms with E-state index in [1.807, 2.05) is 0 Å². The Morgan fingerprint density at radius 1 is 1.17 bits per heavy atom. The standard InChI is InChI=1S/C12H14ClN5/c13-9-6-18(17-11(9)14)12-8-4-2-1-3-5-10(8)15-7-16-12/h6-7H,1-5H2,(H2,14,17). The number of nitrogens with two attached hydrogens (primary N) is 1. The van der Waals surface area contributed by atoms with Crippen LogP contribution in [0.3, 0.4) is 0 Å². The molecule has 18 heavy (non-hydrogen) atoms. The number of aryl methyl sites for hydroxylation is 1. The zero-order chi connectivity index (χ0) is 12.5. The van der Waals surface area contributed by atoms with E-state index in [1.54, 1.807) is 17.2 Å². The number of rotatable bonds is 1. The molecule has 2 aromatic rings. The summed E-state index contributed by atoms with van der Waals surface area (Å²) >= 11 is 5.94. The zero-order valence-corrected chi connectivity index (χ0v) is 10.7. The van der Waals surface area contributed by atoms with Crippen LogP contribution in [0, 0.1) is 0 Å². The van der Waals surface area contributed by atoms with E-state index in [2.05, 4.69) is 15.1 Å². The fraction of sp³-hybridized carbons (Fsp3) is 0.417. The number of halogens is 1. The molecule has 0 atom stereocenters. The lowest BCUT2D eigenvalue weighted by molar-refractivity contribution is 0.707. The Morgan fingerprint density at radius 3 is 2.78 bits per heavy atom. The van der Waals surface area contributed by atoms with Gasteiger partial charge in [-0.05, 0) is 25.7 Å². The van der Waals surface area contributed by atoms with E-state index in [0.29, 0.717) is 10.8 Å². The lowest BCUT2D eigenvalue weighted by Crippen LogP contribution is -2.08. The van der Waals surface area contributed by atoms with Crippen LogP contribution in [-0.2, 0) is 12.8 Å². The van der Waals surface area contributed by atoms with Crippen molar-refractivity contribution in [3.8, 4) is 5.82 Å². The molecule has 6 heteroatoms. The van der Waals surface area contributed by atoms with E-state index in [9.17, 15) is 0 Å². The highest BCUT2D eigenvalue weighted by Gasteiger charge is 2.16. The molecule has 3 rings (SSSR count). The molecule has 2 aromatic heterocycles. The topological polar surface area (TPSA) is 69.6 Å². The first-order valence-electron chi connectivity index (χ1n) is 6.09. The van der Waals surface area contributed by atoms with Crippen molar-refractivity contribution in [3.63, 3.8) is 0 Å². The quantitative estimate of drug-likeness (QED) is 0.801. The van der Waals surface area contributed by atoms with Crippen LogP contribution >= 0.6 is 11.6 Å². The first-order chi connectivity index (χ1) is 8.75. The Bertz CT molecular complexity index is 558. The second-order valence-electron chi connectivity index (χ2n) is 4.49. The van der Waals surface area contributed by atoms with Crippen molar-refractivity contribution >= 4 is 17.4 Å². The van der Waals surface area contributed by atoms with Crippen molar-refractivity contribution in [3.05, 3.63) is 28.8 Å². The predicted octanol–water partition coefficient (Wildman–Crippen LogP) is 2.17. The van der Waals surface area contributed by atoms with Gasteiger partial charge in [0.25, 0.3) is 0 Å². The minimum Gasteiger partial charge on any atom is -0.381 e. The van der Waals surface area contributed by atoms with Gasteiger partial charge in [0.15, 0.2) is 11.6 Å². The van der Waals surface area contributed by atoms with Gasteiger partial charge >= 0.3 is 0 Å². The molecule has 1 aliphatic carbocycles. The van der Waals surface area contributed by atoms with Crippen LogP contribution in [0.1, 0.15) is 30.5 Å². The number of fused-ring (bicyclic) bond motifs is 1. The third-order valence-corrected chi connectivity index (χ3v) is 3.56. The minimum absolute atomic E-state index is 0.331. The summed E-state index contributed by atoms with van der Waals surface area (Å²) in [5, 5.41) is 4.65. The zero-order valence-electron chi connectivity index (χ0n) is 9.93. The fourth-order valence-electron chi connectivity index (χ4n) is 2.35. The fourth-order valence-corrected chi connectivity index (χ4v) is 2.48. The van der Waals surface area contributed by atoms with Gasteiger partial charge in [-0.15, -0.1) is 5.10 Å². The maximum Gasteiger partial charge on any atom is 0.164 e. The Kier molecular flexibility index (Phi) is 2.91. The highest BCUT2D eigenvalue weighted by Crippen LogP contribution is 2.25. The minimum atomic E-state index is 0.331. The van der Waals surface area contributed by atoms with Crippen molar-refractivity contribution in [1.29, 1.82) is 0 Å². The molecular weight excluding hydrogens is 250 g/mol. The number of aromatic nitrogens is 4. The summed E-state index contributed by atoms with van der Waals surface area (Å²) < 4.78 is 1.66. The van der Waals surface area contributed by atoms with Gasteiger partial charge in [0.05, 0.1) is 6.20 Å². The normalized spacial score (nSPS) is 15.2. The molecule has 0 saturated heterocycles. The largest absolute Gasteiger partial charge is 0.381 e. The van der Waals surface area contributed by atoms with Crippen LogP contribution in [-0.4, -0.2) is 19.7 Å². The van der Waals surface area contributed by atoms with Crippen molar-refractivity contribution in [2.24, 2.45) is 0 Å². The van der Waals surface area contributed by atoms with Crippen LogP contribution in [0.15, 0.2) is 12.5 Å². The summed E-state index contributed by atoms with van der Waals surface area (Å²) in [5.74, 6) is 1.14. The van der Waals surface area contributed by atoms with Gasteiger partial charge in [0.1, 0.15) is 11.3 Å². The van der Waals surface area contributed by atoms with Gasteiger partial charge in [0.2, 0.25) is 0 Å². The Labute approximate surface area is 110 Å². The number of nitrogens with zero attached hydrogens (tertiary/aromatic N) is 4. The molecule has 0 saturated carbocycles. The van der Waals surface area contributed by atoms with Crippen molar-refractivity contribution in [2.45, 2.75) is 32.1 Å². The molecule has 0 unspecified atom stereocenters. The van der Waals surface area contributed by atoms with Crippen LogP contribution < -0.4 is 5.73 Å². The van der Waals surface area contributed by atoms with Crippen LogP contribution in [0.25, 0.3) is 5.82 Å². The Hall–Kier alpha value is -1.62. The van der Waals surface area contributed by atoms with E-state index in [0.717, 1.165) is 30.8 Å². The molecule has 5 nitrogen and oxygen atoms in total. The van der Waals surface area contributed by atoms with Crippen molar-refractivity contribution in [2.75, 3.05) is 5.73 Å². The highest BCUT2D eigenvalue weighted by molar-refractivity contribution is 6.32. The van der Waals surface area contributed by atoms with E-state index >= 15 is 0 Å². The number of hydrogen-bond donors (Lipinski definition) is 1. The Morgan fingerprint density at radius 2 is 2.00 bits per heavy atom. The number of hydrogen-bond acceptors (Lipinski definition) is 4. The molecular formula is C12H14ClN5. The second-order valence-corrected chi connectivity index (χ2v) is 4.90. The van der Waals surface area contributed by atoms with Gasteiger partial charge in [-0.25, -0.2) is 14.6 Å². The molecule has 0 aromatic carbocycles. The summed E-state index contributed by atoms with van der Waals surface area (Å²) in [6.45, 7) is 0. The van der Waals surface area contributed by atoms with Crippen molar-refractivity contribution < 1.29 is 0 Å². The van der Waals surface area contributed by atoms with Crippen LogP contribution in [0.2, 0.25) is 5.02 Å². The molecule has 94 valence electrons. The van der Waals surface area contributed by atoms with Gasteiger partial charge in [-0.1, -0.05) is 18.0 Å². The van der Waals surface area contributed by atoms with Crippen LogP contribution in [0.4, 0.5) is 5.82 Å². The first kappa shape index (κ1) is 11.5. The molecule has 0 bridgehead atoms. The number of nitrogen functional groups attached to an aromatic ring is 1. The maximum atomic E-state index is 5.94. The van der Waals surface area contributed by atoms with Crippen LogP contribution in [0.5, 0.6) is 0 Å². The van der Waals surface area contributed by atoms with Gasteiger partial charge in [0, 0.05) is 11.3 Å². The smallest absolute Gasteiger partial charge is 0.164 e. The third kappa shape index (κ3) is 1.95. The lowest BCUT2D eigenvalue weighted by Gasteiger charge is -2.09. The summed E-state index contributed by atoms with van der Waals surface area (Å²) in [7, 11) is 0. The van der Waals surface area contributed by atoms with Gasteiger partial charge in [-0.2, -0.15) is 0 Å². The van der Waals surface area contributed by atoms with Gasteiger partial charge < -0.3 is 5.73 Å². The monoisotopic (exact) mass is 263 g/mol. The molecule has 0 fully saturated rings. The summed E-state index contributed by atoms with van der Waals surface area (Å²) in [6.07, 6.45) is 8.87. The summed E-state index contributed by atoms with van der Waals surface area (Å²) in [6, 6.07) is 0. The lowest BCUT2D eigenvalue weighted by atomic mass is 10.1. The average molecular weight is 264 g/mol. The van der Waals surface area contributed by atoms with Gasteiger partial charge in [-0.3, -0.25) is 0 Å². The molecule has 0 spiro atoms. The van der Waals surface area contributed by atoms with E-state index < -0.39 is 0 Å². The first-order valence-corrected chi connectivity index (χ1v) is 6.47. The summed E-state index contributed by atoms with van der Waals surface area (Å²) in [4.78, 5) is 8.71. The molecule has 0 radical (unpaired) electrons. The summed E-state index contributed by atoms with van der Waals surface area (Å²) in [5.41, 5.74) is 7.98. The highest BCUT2D eigenvalue weighted by atomic mass is 35.5. The Balaban J connectivity index is 2.12. The second kappa shape index (κ2) is 4.57. The van der Waals surface area contributed by atoms with Crippen molar-refractivity contribution in [1.82, 2.24) is 19.7 Å². The molecule has 1 aliphatic rings. The molecule has 2 N–H and O–H groups in total. The number of anilines is 1. The molecule has 2 heterocycles.